The van der Waals surface area contributed by atoms with Gasteiger partial charge in [-0.25, -0.2) is 4.98 Å². The largest absolute Gasteiger partial charge is 0.383 e. The second-order valence-corrected chi connectivity index (χ2v) is 8.20. The molecule has 0 saturated heterocycles. The molecule has 0 amide bonds. The standard InChI is InChI=1S/C25H23N3O/c1-17-21-5-3-2-4-19(21)10-11-22(17)25(29)13-12-23(28-16-27-15-24(25)28)20-8-6-18(14-26)7-9-20/h2-11,15-17,22-23,29H,12-13H2,1H3/t17?,22?,23-,25?/m1/s1. The molecule has 0 bridgehead atoms. The van der Waals surface area contributed by atoms with Gasteiger partial charge < -0.3 is 9.67 Å². The molecule has 0 spiro atoms. The summed E-state index contributed by atoms with van der Waals surface area (Å²) < 4.78 is 2.12. The van der Waals surface area contributed by atoms with Crippen LogP contribution in [0.3, 0.4) is 0 Å². The van der Waals surface area contributed by atoms with Crippen LogP contribution in [0.1, 0.15) is 59.7 Å². The summed E-state index contributed by atoms with van der Waals surface area (Å²) in [4.78, 5) is 4.40. The SMILES string of the molecule is CC1c2ccccc2C=CC1C1(O)CC[C@H](c2ccc(C#N)cc2)n2cncc21. The lowest BCUT2D eigenvalue weighted by Crippen LogP contribution is -2.43. The molecule has 29 heavy (non-hydrogen) atoms. The summed E-state index contributed by atoms with van der Waals surface area (Å²) in [7, 11) is 0. The number of hydrogen-bond donors (Lipinski definition) is 1. The Balaban J connectivity index is 1.53. The van der Waals surface area contributed by atoms with Crippen molar-refractivity contribution in [3.63, 3.8) is 0 Å². The van der Waals surface area contributed by atoms with Gasteiger partial charge in [-0.2, -0.15) is 5.26 Å². The van der Waals surface area contributed by atoms with Crippen LogP contribution in [0.2, 0.25) is 0 Å². The summed E-state index contributed by atoms with van der Waals surface area (Å²) in [6.07, 6.45) is 9.46. The molecule has 144 valence electrons. The molecule has 5 rings (SSSR count). The maximum absolute atomic E-state index is 11.9. The highest BCUT2D eigenvalue weighted by Crippen LogP contribution is 2.50. The Bertz CT molecular complexity index is 1120. The van der Waals surface area contributed by atoms with Crippen LogP contribution in [0.4, 0.5) is 0 Å². The van der Waals surface area contributed by atoms with Gasteiger partial charge in [0.25, 0.3) is 0 Å². The van der Waals surface area contributed by atoms with Crippen LogP contribution >= 0.6 is 0 Å². The molecule has 2 heterocycles. The number of rotatable bonds is 2. The number of nitriles is 1. The Labute approximate surface area is 170 Å². The van der Waals surface area contributed by atoms with Gasteiger partial charge in [-0.05, 0) is 47.6 Å². The van der Waals surface area contributed by atoms with Crippen molar-refractivity contribution in [3.8, 4) is 6.07 Å². The highest BCUT2D eigenvalue weighted by Gasteiger charge is 2.47. The summed E-state index contributed by atoms with van der Waals surface area (Å²) in [5, 5.41) is 21.0. The third-order valence-corrected chi connectivity index (χ3v) is 6.73. The van der Waals surface area contributed by atoms with Crippen molar-refractivity contribution in [1.29, 1.82) is 5.26 Å². The topological polar surface area (TPSA) is 61.8 Å². The third-order valence-electron chi connectivity index (χ3n) is 6.73. The monoisotopic (exact) mass is 381 g/mol. The summed E-state index contributed by atoms with van der Waals surface area (Å²) in [5.41, 5.74) is 4.24. The minimum Gasteiger partial charge on any atom is -0.383 e. The van der Waals surface area contributed by atoms with Crippen LogP contribution in [0, 0.1) is 17.2 Å². The zero-order valence-electron chi connectivity index (χ0n) is 16.4. The van der Waals surface area contributed by atoms with E-state index in [1.54, 1.807) is 0 Å². The smallest absolute Gasteiger partial charge is 0.113 e. The van der Waals surface area contributed by atoms with E-state index in [-0.39, 0.29) is 17.9 Å². The van der Waals surface area contributed by atoms with E-state index in [1.165, 1.54) is 11.1 Å². The third kappa shape index (κ3) is 2.73. The molecule has 4 atom stereocenters. The Morgan fingerprint density at radius 3 is 2.76 bits per heavy atom. The lowest BCUT2D eigenvalue weighted by molar-refractivity contribution is -0.0442. The van der Waals surface area contributed by atoms with Gasteiger partial charge >= 0.3 is 0 Å². The minimum absolute atomic E-state index is 0.00485. The summed E-state index contributed by atoms with van der Waals surface area (Å²) >= 11 is 0. The van der Waals surface area contributed by atoms with Gasteiger partial charge in [-0.15, -0.1) is 0 Å². The van der Waals surface area contributed by atoms with E-state index in [9.17, 15) is 5.11 Å². The maximum atomic E-state index is 11.9. The van der Waals surface area contributed by atoms with E-state index in [0.717, 1.165) is 17.7 Å². The lowest BCUT2D eigenvalue weighted by atomic mass is 9.67. The zero-order chi connectivity index (χ0) is 20.0. The number of aliphatic hydroxyl groups is 1. The van der Waals surface area contributed by atoms with E-state index in [0.29, 0.717) is 12.0 Å². The second kappa shape index (κ2) is 6.72. The molecule has 4 nitrogen and oxygen atoms in total. The average molecular weight is 381 g/mol. The van der Waals surface area contributed by atoms with Gasteiger partial charge in [0, 0.05) is 5.92 Å². The Hall–Kier alpha value is -3.16. The molecule has 2 aromatic carbocycles. The van der Waals surface area contributed by atoms with Crippen LogP contribution in [-0.4, -0.2) is 14.7 Å². The second-order valence-electron chi connectivity index (χ2n) is 8.20. The van der Waals surface area contributed by atoms with Crippen LogP contribution in [0.15, 0.2) is 67.1 Å². The van der Waals surface area contributed by atoms with Crippen molar-refractivity contribution in [1.82, 2.24) is 9.55 Å². The maximum Gasteiger partial charge on any atom is 0.113 e. The van der Waals surface area contributed by atoms with Gasteiger partial charge in [-0.3, -0.25) is 0 Å². The number of imidazole rings is 1. The average Bonchev–Trinajstić information content (AvgIpc) is 3.26. The predicted molar refractivity (Wildman–Crippen MR) is 112 cm³/mol. The molecule has 1 aliphatic heterocycles. The van der Waals surface area contributed by atoms with E-state index in [1.807, 2.05) is 36.8 Å². The summed E-state index contributed by atoms with van der Waals surface area (Å²) in [6.45, 7) is 2.21. The van der Waals surface area contributed by atoms with Crippen molar-refractivity contribution < 1.29 is 5.11 Å². The molecule has 1 aromatic heterocycles. The van der Waals surface area contributed by atoms with E-state index in [4.69, 9.17) is 5.26 Å². The number of nitrogens with zero attached hydrogens (tertiary/aromatic N) is 3. The van der Waals surface area contributed by atoms with E-state index >= 15 is 0 Å². The summed E-state index contributed by atoms with van der Waals surface area (Å²) in [5.74, 6) is 0.214. The Kier molecular flexibility index (Phi) is 4.15. The molecular formula is C25H23N3O. The molecule has 0 saturated carbocycles. The fraction of sp³-hybridized carbons (Fsp3) is 0.280. The van der Waals surface area contributed by atoms with E-state index in [2.05, 4.69) is 59.0 Å². The molecule has 1 aliphatic carbocycles. The van der Waals surface area contributed by atoms with Gasteiger partial charge in [0.1, 0.15) is 5.60 Å². The van der Waals surface area contributed by atoms with Gasteiger partial charge in [0.2, 0.25) is 0 Å². The number of benzene rings is 2. The first-order chi connectivity index (χ1) is 14.1. The summed E-state index contributed by atoms with van der Waals surface area (Å²) in [6, 6.07) is 18.5. The van der Waals surface area contributed by atoms with Crippen molar-refractivity contribution in [2.24, 2.45) is 5.92 Å². The highest BCUT2D eigenvalue weighted by atomic mass is 16.3. The van der Waals surface area contributed by atoms with Gasteiger partial charge in [-0.1, -0.05) is 55.5 Å². The molecule has 0 radical (unpaired) electrons. The van der Waals surface area contributed by atoms with Crippen molar-refractivity contribution >= 4 is 6.08 Å². The first-order valence-electron chi connectivity index (χ1n) is 10.1. The van der Waals surface area contributed by atoms with Crippen molar-refractivity contribution in [2.75, 3.05) is 0 Å². The molecule has 0 fully saturated rings. The van der Waals surface area contributed by atoms with E-state index < -0.39 is 5.60 Å². The fourth-order valence-electron chi connectivity index (χ4n) is 5.17. The van der Waals surface area contributed by atoms with Crippen LogP contribution in [-0.2, 0) is 5.60 Å². The minimum atomic E-state index is -0.955. The molecule has 3 aromatic rings. The Morgan fingerprint density at radius 1 is 1.17 bits per heavy atom. The molecule has 2 aliphatic rings. The molecule has 3 unspecified atom stereocenters. The normalized spacial score (nSPS) is 27.7. The quantitative estimate of drug-likeness (QED) is 0.695. The van der Waals surface area contributed by atoms with Crippen molar-refractivity contribution in [3.05, 3.63) is 95.1 Å². The first-order valence-corrected chi connectivity index (χ1v) is 10.1. The van der Waals surface area contributed by atoms with Crippen molar-refractivity contribution in [2.45, 2.75) is 37.3 Å². The van der Waals surface area contributed by atoms with Gasteiger partial charge in [0.15, 0.2) is 0 Å². The number of aromatic nitrogens is 2. The first kappa shape index (κ1) is 17.9. The van der Waals surface area contributed by atoms with Crippen LogP contribution in [0.5, 0.6) is 0 Å². The van der Waals surface area contributed by atoms with Gasteiger partial charge in [0.05, 0.1) is 35.9 Å². The zero-order valence-corrected chi connectivity index (χ0v) is 16.4. The Morgan fingerprint density at radius 2 is 1.97 bits per heavy atom. The molecule has 4 heteroatoms. The van der Waals surface area contributed by atoms with Crippen LogP contribution in [0.25, 0.3) is 6.08 Å². The fourth-order valence-corrected chi connectivity index (χ4v) is 5.17. The number of fused-ring (bicyclic) bond motifs is 2. The molecular weight excluding hydrogens is 358 g/mol. The lowest BCUT2D eigenvalue weighted by Gasteiger charge is -2.45. The molecule has 1 N–H and O–H groups in total. The number of hydrogen-bond acceptors (Lipinski definition) is 3. The predicted octanol–water partition coefficient (Wildman–Crippen LogP) is 4.77. The highest BCUT2D eigenvalue weighted by molar-refractivity contribution is 5.59. The van der Waals surface area contributed by atoms with Crippen LogP contribution < -0.4 is 0 Å².